The molecule has 0 radical (unpaired) electrons. The van der Waals surface area contributed by atoms with E-state index in [-0.39, 0.29) is 18.9 Å². The molecule has 0 spiro atoms. The number of ether oxygens (including phenoxy) is 2. The molecule has 2 aromatic carbocycles. The summed E-state index contributed by atoms with van der Waals surface area (Å²) in [5, 5.41) is 5.00. The van der Waals surface area contributed by atoms with E-state index in [1.165, 1.54) is 11.3 Å². The molecule has 0 bridgehead atoms. The minimum atomic E-state index is -0.640. The molecule has 29 heavy (non-hydrogen) atoms. The summed E-state index contributed by atoms with van der Waals surface area (Å²) in [6.07, 6.45) is 0. The third-order valence-electron chi connectivity index (χ3n) is 4.36. The molecule has 3 aromatic rings. The van der Waals surface area contributed by atoms with Crippen LogP contribution in [-0.2, 0) is 16.1 Å². The molecule has 1 aromatic heterocycles. The van der Waals surface area contributed by atoms with Crippen molar-refractivity contribution in [2.75, 3.05) is 11.9 Å². The predicted molar refractivity (Wildman–Crippen MR) is 112 cm³/mol. The van der Waals surface area contributed by atoms with E-state index in [0.29, 0.717) is 10.7 Å². The second-order valence-corrected chi connectivity index (χ2v) is 7.54. The van der Waals surface area contributed by atoms with Gasteiger partial charge in [-0.1, -0.05) is 29.8 Å². The number of nitrogens with one attached hydrogen (secondary N) is 1. The average Bonchev–Trinajstić information content (AvgIpc) is 3.18. The molecule has 0 saturated carbocycles. The second-order valence-electron chi connectivity index (χ2n) is 6.60. The number of hydrogen-bond donors (Lipinski definition) is 1. The van der Waals surface area contributed by atoms with Crippen molar-refractivity contribution < 1.29 is 19.1 Å². The maximum absolute atomic E-state index is 12.1. The molecule has 1 heterocycles. The van der Waals surface area contributed by atoms with E-state index in [0.717, 1.165) is 22.4 Å². The summed E-state index contributed by atoms with van der Waals surface area (Å²) in [4.78, 5) is 28.4. The number of aromatic nitrogens is 1. The molecule has 0 atom stereocenters. The zero-order valence-corrected chi connectivity index (χ0v) is 17.3. The molecule has 0 aliphatic carbocycles. The van der Waals surface area contributed by atoms with Crippen LogP contribution in [0.1, 0.15) is 32.2 Å². The van der Waals surface area contributed by atoms with Crippen molar-refractivity contribution in [2.24, 2.45) is 0 Å². The molecule has 0 aliphatic heterocycles. The van der Waals surface area contributed by atoms with E-state index in [9.17, 15) is 9.59 Å². The monoisotopic (exact) mass is 410 g/mol. The Hall–Kier alpha value is -3.19. The van der Waals surface area contributed by atoms with E-state index < -0.39 is 11.9 Å². The van der Waals surface area contributed by atoms with Gasteiger partial charge in [0.15, 0.2) is 12.3 Å². The Bertz CT molecular complexity index is 1010. The van der Waals surface area contributed by atoms with Gasteiger partial charge in [-0.3, -0.25) is 4.79 Å². The quantitative estimate of drug-likeness (QED) is 0.583. The SMILES string of the molecule is Cc1ccc(OCc2nc(C(=O)OCC(=O)Nc3cccc(C)c3C)cs2)cc1. The molecule has 0 saturated heterocycles. The summed E-state index contributed by atoms with van der Waals surface area (Å²) in [6.45, 7) is 5.78. The smallest absolute Gasteiger partial charge is 0.358 e. The Balaban J connectivity index is 1.49. The molecular weight excluding hydrogens is 388 g/mol. The molecule has 0 unspecified atom stereocenters. The van der Waals surface area contributed by atoms with Gasteiger partial charge in [-0.25, -0.2) is 9.78 Å². The first kappa shape index (κ1) is 20.5. The number of thiazole rings is 1. The van der Waals surface area contributed by atoms with E-state index in [2.05, 4.69) is 10.3 Å². The van der Waals surface area contributed by atoms with Gasteiger partial charge in [0.05, 0.1) is 0 Å². The fraction of sp³-hybridized carbons (Fsp3) is 0.227. The van der Waals surface area contributed by atoms with Gasteiger partial charge in [-0.05, 0) is 50.1 Å². The van der Waals surface area contributed by atoms with Gasteiger partial charge >= 0.3 is 5.97 Å². The Labute approximate surface area is 173 Å². The van der Waals surface area contributed by atoms with Crippen LogP contribution in [0.2, 0.25) is 0 Å². The van der Waals surface area contributed by atoms with Gasteiger partial charge in [-0.15, -0.1) is 11.3 Å². The van der Waals surface area contributed by atoms with Crippen LogP contribution in [0.25, 0.3) is 0 Å². The average molecular weight is 410 g/mol. The third kappa shape index (κ3) is 5.65. The molecule has 7 heteroatoms. The van der Waals surface area contributed by atoms with Crippen molar-refractivity contribution in [3.63, 3.8) is 0 Å². The molecule has 1 N–H and O–H groups in total. The van der Waals surface area contributed by atoms with Crippen molar-refractivity contribution in [3.8, 4) is 5.75 Å². The summed E-state index contributed by atoms with van der Waals surface area (Å²) < 4.78 is 10.7. The number of benzene rings is 2. The molecule has 0 aliphatic rings. The van der Waals surface area contributed by atoms with Gasteiger partial charge in [0, 0.05) is 11.1 Å². The number of aryl methyl sites for hydroxylation is 2. The lowest BCUT2D eigenvalue weighted by molar-refractivity contribution is -0.119. The highest BCUT2D eigenvalue weighted by molar-refractivity contribution is 7.09. The fourth-order valence-corrected chi connectivity index (χ4v) is 3.20. The molecule has 3 rings (SSSR count). The Morgan fingerprint density at radius 1 is 1.07 bits per heavy atom. The molecule has 6 nitrogen and oxygen atoms in total. The van der Waals surface area contributed by atoms with Crippen molar-refractivity contribution in [1.82, 2.24) is 4.98 Å². The van der Waals surface area contributed by atoms with Crippen molar-refractivity contribution in [3.05, 3.63) is 75.2 Å². The zero-order valence-electron chi connectivity index (χ0n) is 16.5. The number of hydrogen-bond acceptors (Lipinski definition) is 6. The van der Waals surface area contributed by atoms with Crippen molar-refractivity contribution in [2.45, 2.75) is 27.4 Å². The van der Waals surface area contributed by atoms with Crippen LogP contribution in [0.15, 0.2) is 47.8 Å². The number of carbonyl (C=O) groups excluding carboxylic acids is 2. The van der Waals surface area contributed by atoms with Crippen LogP contribution in [0.5, 0.6) is 5.75 Å². The summed E-state index contributed by atoms with van der Waals surface area (Å²) in [5.41, 5.74) is 4.07. The lowest BCUT2D eigenvalue weighted by Crippen LogP contribution is -2.21. The topological polar surface area (TPSA) is 77.5 Å². The number of amides is 1. The highest BCUT2D eigenvalue weighted by Crippen LogP contribution is 2.18. The first-order valence-corrected chi connectivity index (χ1v) is 9.97. The Morgan fingerprint density at radius 3 is 2.59 bits per heavy atom. The van der Waals surface area contributed by atoms with Crippen LogP contribution in [0.4, 0.5) is 5.69 Å². The van der Waals surface area contributed by atoms with E-state index in [1.54, 1.807) is 5.38 Å². The molecular formula is C22H22N2O4S. The van der Waals surface area contributed by atoms with Crippen LogP contribution < -0.4 is 10.1 Å². The molecule has 150 valence electrons. The largest absolute Gasteiger partial charge is 0.486 e. The van der Waals surface area contributed by atoms with E-state index >= 15 is 0 Å². The van der Waals surface area contributed by atoms with Crippen LogP contribution in [-0.4, -0.2) is 23.5 Å². The number of anilines is 1. The highest BCUT2D eigenvalue weighted by atomic mass is 32.1. The lowest BCUT2D eigenvalue weighted by Gasteiger charge is -2.10. The minimum absolute atomic E-state index is 0.164. The summed E-state index contributed by atoms with van der Waals surface area (Å²) in [6, 6.07) is 13.3. The van der Waals surface area contributed by atoms with Crippen LogP contribution >= 0.6 is 11.3 Å². The number of nitrogens with zero attached hydrogens (tertiary/aromatic N) is 1. The summed E-state index contributed by atoms with van der Waals surface area (Å²) in [7, 11) is 0. The normalized spacial score (nSPS) is 10.4. The highest BCUT2D eigenvalue weighted by Gasteiger charge is 2.15. The van der Waals surface area contributed by atoms with E-state index in [4.69, 9.17) is 9.47 Å². The summed E-state index contributed by atoms with van der Waals surface area (Å²) >= 11 is 1.30. The third-order valence-corrected chi connectivity index (χ3v) is 5.18. The first-order chi connectivity index (χ1) is 13.9. The number of rotatable bonds is 7. The van der Waals surface area contributed by atoms with Crippen molar-refractivity contribution >= 4 is 28.9 Å². The van der Waals surface area contributed by atoms with Gasteiger partial charge in [0.2, 0.25) is 0 Å². The van der Waals surface area contributed by atoms with Crippen LogP contribution in [0, 0.1) is 20.8 Å². The lowest BCUT2D eigenvalue weighted by atomic mass is 10.1. The second kappa shape index (κ2) is 9.34. The van der Waals surface area contributed by atoms with Gasteiger partial charge in [0.1, 0.15) is 17.4 Å². The van der Waals surface area contributed by atoms with Crippen LogP contribution in [0.3, 0.4) is 0 Å². The molecule has 1 amide bonds. The predicted octanol–water partition coefficient (Wildman–Crippen LogP) is 4.44. The van der Waals surface area contributed by atoms with Gasteiger partial charge in [-0.2, -0.15) is 0 Å². The number of esters is 1. The van der Waals surface area contributed by atoms with Gasteiger partial charge in [0.25, 0.3) is 5.91 Å². The fourth-order valence-electron chi connectivity index (χ4n) is 2.53. The number of carbonyl (C=O) groups is 2. The molecule has 0 fully saturated rings. The first-order valence-electron chi connectivity index (χ1n) is 9.09. The summed E-state index contributed by atoms with van der Waals surface area (Å²) in [5.74, 6) is -0.304. The Morgan fingerprint density at radius 2 is 1.83 bits per heavy atom. The minimum Gasteiger partial charge on any atom is -0.486 e. The Kier molecular flexibility index (Phi) is 6.61. The maximum Gasteiger partial charge on any atom is 0.358 e. The zero-order chi connectivity index (χ0) is 20.8. The van der Waals surface area contributed by atoms with Crippen molar-refractivity contribution in [1.29, 1.82) is 0 Å². The van der Waals surface area contributed by atoms with E-state index in [1.807, 2.05) is 63.2 Å². The van der Waals surface area contributed by atoms with Gasteiger partial charge < -0.3 is 14.8 Å². The standard InChI is InChI=1S/C22H22N2O4S/c1-14-7-9-17(10-8-14)27-12-21-24-19(13-29-21)22(26)28-11-20(25)23-18-6-4-5-15(2)16(18)3/h4-10,13H,11-12H2,1-3H3,(H,23,25). The maximum atomic E-state index is 12.1.